The van der Waals surface area contributed by atoms with Crippen molar-refractivity contribution in [1.29, 1.82) is 0 Å². The molecular weight excluding hydrogens is 294 g/mol. The first-order chi connectivity index (χ1) is 11.8. The van der Waals surface area contributed by atoms with Crippen LogP contribution in [0, 0.1) is 0 Å². The molecule has 2 nitrogen and oxygen atoms in total. The highest BCUT2D eigenvalue weighted by Crippen LogP contribution is 2.21. The van der Waals surface area contributed by atoms with Gasteiger partial charge in [0.25, 0.3) is 0 Å². The summed E-state index contributed by atoms with van der Waals surface area (Å²) in [7, 11) is 0. The van der Waals surface area contributed by atoms with E-state index in [9.17, 15) is 4.79 Å². The molecule has 0 atom stereocenters. The van der Waals surface area contributed by atoms with Crippen molar-refractivity contribution in [3.63, 3.8) is 0 Å². The van der Waals surface area contributed by atoms with E-state index in [1.54, 1.807) is 6.20 Å². The lowest BCUT2D eigenvalue weighted by Crippen LogP contribution is -2.02. The molecule has 1 aromatic heterocycles. The second-order valence-corrected chi connectivity index (χ2v) is 5.69. The van der Waals surface area contributed by atoms with Crippen LogP contribution < -0.4 is 0 Å². The van der Waals surface area contributed by atoms with Crippen molar-refractivity contribution < 1.29 is 4.79 Å². The minimum Gasteiger partial charge on any atom is -0.289 e. The summed E-state index contributed by atoms with van der Waals surface area (Å²) < 4.78 is 0. The van der Waals surface area contributed by atoms with E-state index in [0.717, 1.165) is 22.0 Å². The number of pyridine rings is 1. The Kier molecular flexibility index (Phi) is 3.64. The molecule has 0 bridgehead atoms. The Morgan fingerprint density at radius 2 is 1.33 bits per heavy atom. The molecule has 2 heteroatoms. The largest absolute Gasteiger partial charge is 0.289 e. The van der Waals surface area contributed by atoms with Crippen LogP contribution in [-0.2, 0) is 0 Å². The third-order valence-corrected chi connectivity index (χ3v) is 4.11. The van der Waals surface area contributed by atoms with Crippen LogP contribution in [0.25, 0.3) is 22.0 Å². The third kappa shape index (κ3) is 2.70. The number of aromatic nitrogens is 1. The number of para-hydroxylation sites is 1. The summed E-state index contributed by atoms with van der Waals surface area (Å²) in [6, 6.07) is 27.6. The highest BCUT2D eigenvalue weighted by atomic mass is 16.1. The average Bonchev–Trinajstić information content (AvgIpc) is 2.68. The van der Waals surface area contributed by atoms with E-state index in [4.69, 9.17) is 0 Å². The van der Waals surface area contributed by atoms with Crippen LogP contribution in [0.3, 0.4) is 0 Å². The fourth-order valence-corrected chi connectivity index (χ4v) is 2.81. The SMILES string of the molecule is O=C(c1ccc(-c2ccccc2)cc1)c1cnc2ccccc2c1. The van der Waals surface area contributed by atoms with Gasteiger partial charge >= 0.3 is 0 Å². The summed E-state index contributed by atoms with van der Waals surface area (Å²) in [5.41, 5.74) is 4.43. The summed E-state index contributed by atoms with van der Waals surface area (Å²) in [4.78, 5) is 17.1. The average molecular weight is 309 g/mol. The number of ketones is 1. The number of carbonyl (C=O) groups excluding carboxylic acids is 1. The quantitative estimate of drug-likeness (QED) is 0.491. The van der Waals surface area contributed by atoms with Gasteiger partial charge in [-0.25, -0.2) is 0 Å². The zero-order valence-corrected chi connectivity index (χ0v) is 13.0. The van der Waals surface area contributed by atoms with E-state index < -0.39 is 0 Å². The molecule has 3 aromatic carbocycles. The molecule has 0 unspecified atom stereocenters. The molecule has 0 fully saturated rings. The number of hydrogen-bond donors (Lipinski definition) is 0. The van der Waals surface area contributed by atoms with Crippen molar-refractivity contribution in [2.24, 2.45) is 0 Å². The Bertz CT molecular complexity index is 1000. The molecule has 0 N–H and O–H groups in total. The van der Waals surface area contributed by atoms with Crippen LogP contribution >= 0.6 is 0 Å². The van der Waals surface area contributed by atoms with E-state index in [0.29, 0.717) is 11.1 Å². The fraction of sp³-hybridized carbons (Fsp3) is 0. The van der Waals surface area contributed by atoms with E-state index in [2.05, 4.69) is 17.1 Å². The Morgan fingerprint density at radius 1 is 0.667 bits per heavy atom. The first-order valence-electron chi connectivity index (χ1n) is 7.86. The summed E-state index contributed by atoms with van der Waals surface area (Å²) >= 11 is 0. The van der Waals surface area contributed by atoms with Crippen molar-refractivity contribution in [2.45, 2.75) is 0 Å². The molecular formula is C22H15NO. The molecule has 0 saturated heterocycles. The summed E-state index contributed by atoms with van der Waals surface area (Å²) in [6.07, 6.45) is 1.65. The van der Waals surface area contributed by atoms with E-state index in [1.807, 2.05) is 72.8 Å². The lowest BCUT2D eigenvalue weighted by molar-refractivity contribution is 0.103. The number of carbonyl (C=O) groups is 1. The lowest BCUT2D eigenvalue weighted by atomic mass is 9.99. The predicted molar refractivity (Wildman–Crippen MR) is 97.1 cm³/mol. The zero-order chi connectivity index (χ0) is 16.4. The minimum atomic E-state index is -0.00661. The van der Waals surface area contributed by atoms with Crippen LogP contribution in [0.2, 0.25) is 0 Å². The van der Waals surface area contributed by atoms with Crippen LogP contribution in [-0.4, -0.2) is 10.8 Å². The van der Waals surface area contributed by atoms with Crippen molar-refractivity contribution in [1.82, 2.24) is 4.98 Å². The molecule has 0 radical (unpaired) electrons. The molecule has 4 rings (SSSR count). The molecule has 114 valence electrons. The van der Waals surface area contributed by atoms with Gasteiger partial charge in [0.15, 0.2) is 5.78 Å². The van der Waals surface area contributed by atoms with Gasteiger partial charge in [-0.05, 0) is 23.3 Å². The van der Waals surface area contributed by atoms with Gasteiger partial charge in [0.2, 0.25) is 0 Å². The zero-order valence-electron chi connectivity index (χ0n) is 13.0. The number of rotatable bonds is 3. The first kappa shape index (κ1) is 14.3. The monoisotopic (exact) mass is 309 g/mol. The number of hydrogen-bond acceptors (Lipinski definition) is 2. The second kappa shape index (κ2) is 6.09. The van der Waals surface area contributed by atoms with Crippen LogP contribution in [0.4, 0.5) is 0 Å². The Morgan fingerprint density at radius 3 is 2.12 bits per heavy atom. The highest BCUT2D eigenvalue weighted by Gasteiger charge is 2.10. The molecule has 0 aliphatic heterocycles. The molecule has 24 heavy (non-hydrogen) atoms. The van der Waals surface area contributed by atoms with Crippen LogP contribution in [0.1, 0.15) is 15.9 Å². The molecule has 0 aliphatic carbocycles. The van der Waals surface area contributed by atoms with E-state index in [-0.39, 0.29) is 5.78 Å². The third-order valence-electron chi connectivity index (χ3n) is 4.11. The van der Waals surface area contributed by atoms with Crippen molar-refractivity contribution >= 4 is 16.7 Å². The molecule has 4 aromatic rings. The van der Waals surface area contributed by atoms with Gasteiger partial charge < -0.3 is 0 Å². The van der Waals surface area contributed by atoms with Gasteiger partial charge in [0.1, 0.15) is 0 Å². The normalized spacial score (nSPS) is 10.7. The topological polar surface area (TPSA) is 30.0 Å². The standard InChI is InChI=1S/C22H15NO/c24-22(20-14-19-8-4-5-9-21(19)23-15-20)18-12-10-17(11-13-18)16-6-2-1-3-7-16/h1-15H. The summed E-state index contributed by atoms with van der Waals surface area (Å²) in [5, 5.41) is 0.976. The van der Waals surface area contributed by atoms with Crippen molar-refractivity contribution in [3.05, 3.63) is 102 Å². The first-order valence-corrected chi connectivity index (χ1v) is 7.86. The smallest absolute Gasteiger partial charge is 0.194 e. The fourth-order valence-electron chi connectivity index (χ4n) is 2.81. The summed E-state index contributed by atoms with van der Waals surface area (Å²) in [5.74, 6) is -0.00661. The maximum atomic E-state index is 12.7. The second-order valence-electron chi connectivity index (χ2n) is 5.69. The Hall–Kier alpha value is -3.26. The lowest BCUT2D eigenvalue weighted by Gasteiger charge is -2.05. The summed E-state index contributed by atoms with van der Waals surface area (Å²) in [6.45, 7) is 0. The van der Waals surface area contributed by atoms with Gasteiger partial charge in [0, 0.05) is 22.7 Å². The predicted octanol–water partition coefficient (Wildman–Crippen LogP) is 5.13. The van der Waals surface area contributed by atoms with Gasteiger partial charge in [0.05, 0.1) is 5.52 Å². The maximum Gasteiger partial charge on any atom is 0.194 e. The Balaban J connectivity index is 1.66. The van der Waals surface area contributed by atoms with Crippen LogP contribution in [0.15, 0.2) is 91.1 Å². The van der Waals surface area contributed by atoms with Gasteiger partial charge in [-0.3, -0.25) is 9.78 Å². The minimum absolute atomic E-state index is 0.00661. The van der Waals surface area contributed by atoms with Crippen LogP contribution in [0.5, 0.6) is 0 Å². The number of fused-ring (bicyclic) bond motifs is 1. The maximum absolute atomic E-state index is 12.7. The van der Waals surface area contributed by atoms with Gasteiger partial charge in [-0.2, -0.15) is 0 Å². The van der Waals surface area contributed by atoms with Gasteiger partial charge in [-0.15, -0.1) is 0 Å². The van der Waals surface area contributed by atoms with Crippen molar-refractivity contribution in [3.8, 4) is 11.1 Å². The number of nitrogens with zero attached hydrogens (tertiary/aromatic N) is 1. The molecule has 0 spiro atoms. The van der Waals surface area contributed by atoms with E-state index >= 15 is 0 Å². The molecule has 0 amide bonds. The molecule has 0 aliphatic rings. The number of benzene rings is 3. The van der Waals surface area contributed by atoms with Crippen molar-refractivity contribution in [2.75, 3.05) is 0 Å². The Labute approximate surface area is 140 Å². The molecule has 1 heterocycles. The van der Waals surface area contributed by atoms with E-state index in [1.165, 1.54) is 0 Å². The molecule has 0 saturated carbocycles. The highest BCUT2D eigenvalue weighted by molar-refractivity contribution is 6.10. The van der Waals surface area contributed by atoms with Gasteiger partial charge in [-0.1, -0.05) is 72.8 Å².